The van der Waals surface area contributed by atoms with Crippen LogP contribution in [0.1, 0.15) is 6.42 Å². The molecule has 1 aliphatic rings. The molecule has 0 bridgehead atoms. The maximum atomic E-state index is 11.8. The van der Waals surface area contributed by atoms with E-state index in [-0.39, 0.29) is 12.5 Å². The van der Waals surface area contributed by atoms with E-state index in [0.29, 0.717) is 13.1 Å². The van der Waals surface area contributed by atoms with Crippen molar-refractivity contribution in [2.45, 2.75) is 12.6 Å². The lowest BCUT2D eigenvalue weighted by molar-refractivity contribution is -0.134. The normalized spacial score (nSPS) is 18.3. The van der Waals surface area contributed by atoms with Gasteiger partial charge in [0.1, 0.15) is 0 Å². The summed E-state index contributed by atoms with van der Waals surface area (Å²) in [4.78, 5) is 13.2. The minimum atomic E-state index is -4.26. The highest BCUT2D eigenvalue weighted by atomic mass is 32.2. The number of alkyl halides is 3. The van der Waals surface area contributed by atoms with Crippen LogP contribution in [-0.4, -0.2) is 54.7 Å². The summed E-state index contributed by atoms with van der Waals surface area (Å²) < 4.78 is 35.5. The SMILES string of the molecule is O=C(CNCC(F)(F)F)N1CCCSCC1. The standard InChI is InChI=1S/C9H15F3N2OS/c10-9(11,12)7-13-6-8(15)14-2-1-4-16-5-3-14/h13H,1-7H2. The van der Waals surface area contributed by atoms with Crippen molar-refractivity contribution in [1.29, 1.82) is 0 Å². The van der Waals surface area contributed by atoms with Crippen molar-refractivity contribution in [3.8, 4) is 0 Å². The minimum Gasteiger partial charge on any atom is -0.341 e. The molecule has 0 aromatic heterocycles. The Hall–Kier alpha value is -0.430. The third-order valence-corrected chi connectivity index (χ3v) is 3.23. The molecule has 1 aliphatic heterocycles. The third-order valence-electron chi connectivity index (χ3n) is 2.18. The van der Waals surface area contributed by atoms with Gasteiger partial charge in [0.25, 0.3) is 0 Å². The molecule has 1 saturated heterocycles. The molecule has 0 spiro atoms. The molecular weight excluding hydrogens is 241 g/mol. The summed E-state index contributed by atoms with van der Waals surface area (Å²) in [7, 11) is 0. The summed E-state index contributed by atoms with van der Waals surface area (Å²) in [6, 6.07) is 0. The van der Waals surface area contributed by atoms with Gasteiger partial charge in [-0.1, -0.05) is 0 Å². The number of nitrogens with one attached hydrogen (secondary N) is 1. The summed E-state index contributed by atoms with van der Waals surface area (Å²) in [5, 5.41) is 2.12. The third kappa shape index (κ3) is 5.60. The summed E-state index contributed by atoms with van der Waals surface area (Å²) in [6.45, 7) is -0.0533. The van der Waals surface area contributed by atoms with Gasteiger partial charge in [-0.2, -0.15) is 24.9 Å². The van der Waals surface area contributed by atoms with E-state index in [1.165, 1.54) is 0 Å². The lowest BCUT2D eigenvalue weighted by atomic mass is 10.4. The molecule has 1 amide bonds. The first-order chi connectivity index (χ1) is 7.49. The molecule has 0 radical (unpaired) electrons. The topological polar surface area (TPSA) is 32.3 Å². The number of amides is 1. The van der Waals surface area contributed by atoms with Crippen LogP contribution in [0.5, 0.6) is 0 Å². The van der Waals surface area contributed by atoms with Gasteiger partial charge in [-0.05, 0) is 12.2 Å². The largest absolute Gasteiger partial charge is 0.401 e. The van der Waals surface area contributed by atoms with Crippen LogP contribution >= 0.6 is 11.8 Å². The van der Waals surface area contributed by atoms with E-state index in [0.717, 1.165) is 17.9 Å². The Bertz CT molecular complexity index is 227. The number of rotatable bonds is 3. The monoisotopic (exact) mass is 256 g/mol. The second-order valence-electron chi connectivity index (χ2n) is 3.57. The van der Waals surface area contributed by atoms with Gasteiger partial charge in [0.05, 0.1) is 13.1 Å². The maximum absolute atomic E-state index is 11.8. The Kier molecular flexibility index (Phi) is 5.40. The zero-order valence-corrected chi connectivity index (χ0v) is 9.66. The average Bonchev–Trinajstić information content (AvgIpc) is 2.43. The van der Waals surface area contributed by atoms with E-state index >= 15 is 0 Å². The van der Waals surface area contributed by atoms with Crippen LogP contribution in [0.15, 0.2) is 0 Å². The van der Waals surface area contributed by atoms with E-state index in [4.69, 9.17) is 0 Å². The summed E-state index contributed by atoms with van der Waals surface area (Å²) in [5.74, 6) is 1.64. The Morgan fingerprint density at radius 3 is 2.75 bits per heavy atom. The molecule has 0 aromatic carbocycles. The Morgan fingerprint density at radius 2 is 2.06 bits per heavy atom. The smallest absolute Gasteiger partial charge is 0.341 e. The molecule has 1 heterocycles. The van der Waals surface area contributed by atoms with E-state index in [9.17, 15) is 18.0 Å². The quantitative estimate of drug-likeness (QED) is 0.821. The van der Waals surface area contributed by atoms with Crippen LogP contribution in [0.3, 0.4) is 0 Å². The summed E-state index contributed by atoms with van der Waals surface area (Å²) >= 11 is 1.77. The summed E-state index contributed by atoms with van der Waals surface area (Å²) in [6.07, 6.45) is -3.34. The van der Waals surface area contributed by atoms with E-state index in [1.807, 2.05) is 0 Å². The van der Waals surface area contributed by atoms with Gasteiger partial charge in [-0.15, -0.1) is 0 Å². The highest BCUT2D eigenvalue weighted by Crippen LogP contribution is 2.12. The predicted octanol–water partition coefficient (Wildman–Crippen LogP) is 1.10. The first-order valence-electron chi connectivity index (χ1n) is 5.12. The van der Waals surface area contributed by atoms with Crippen molar-refractivity contribution < 1.29 is 18.0 Å². The molecule has 1 fully saturated rings. The number of carbonyl (C=O) groups excluding carboxylic acids is 1. The molecule has 0 aliphatic carbocycles. The zero-order chi connectivity index (χ0) is 12.0. The van der Waals surface area contributed by atoms with Gasteiger partial charge >= 0.3 is 6.18 Å². The molecule has 7 heteroatoms. The number of thioether (sulfide) groups is 1. The summed E-state index contributed by atoms with van der Waals surface area (Å²) in [5.41, 5.74) is 0. The molecule has 0 saturated carbocycles. The predicted molar refractivity (Wildman–Crippen MR) is 57.4 cm³/mol. The van der Waals surface area contributed by atoms with Crippen molar-refractivity contribution in [1.82, 2.24) is 10.2 Å². The zero-order valence-electron chi connectivity index (χ0n) is 8.85. The minimum absolute atomic E-state index is 0.232. The molecule has 0 atom stereocenters. The van der Waals surface area contributed by atoms with E-state index < -0.39 is 12.7 Å². The van der Waals surface area contributed by atoms with Crippen LogP contribution in [0, 0.1) is 0 Å². The van der Waals surface area contributed by atoms with Crippen LogP contribution in [0.4, 0.5) is 13.2 Å². The fourth-order valence-electron chi connectivity index (χ4n) is 1.42. The first-order valence-corrected chi connectivity index (χ1v) is 6.27. The first kappa shape index (κ1) is 13.6. The molecule has 0 unspecified atom stereocenters. The van der Waals surface area contributed by atoms with Crippen LogP contribution < -0.4 is 5.32 Å². The number of hydrogen-bond donors (Lipinski definition) is 1. The van der Waals surface area contributed by atoms with Crippen molar-refractivity contribution in [2.24, 2.45) is 0 Å². The maximum Gasteiger partial charge on any atom is 0.401 e. The molecule has 1 rings (SSSR count). The molecular formula is C9H15F3N2OS. The average molecular weight is 256 g/mol. The Morgan fingerprint density at radius 1 is 1.31 bits per heavy atom. The van der Waals surface area contributed by atoms with Crippen molar-refractivity contribution in [2.75, 3.05) is 37.7 Å². The Labute approximate surface area is 96.7 Å². The Balaban J connectivity index is 2.23. The lowest BCUT2D eigenvalue weighted by Gasteiger charge is -2.20. The highest BCUT2D eigenvalue weighted by Gasteiger charge is 2.27. The second kappa shape index (κ2) is 6.34. The van der Waals surface area contributed by atoms with Gasteiger partial charge in [0.15, 0.2) is 0 Å². The van der Waals surface area contributed by atoms with Gasteiger partial charge < -0.3 is 10.2 Å². The second-order valence-corrected chi connectivity index (χ2v) is 4.79. The number of nitrogens with zero attached hydrogens (tertiary/aromatic N) is 1. The van der Waals surface area contributed by atoms with Crippen LogP contribution in [-0.2, 0) is 4.79 Å². The fraction of sp³-hybridized carbons (Fsp3) is 0.889. The van der Waals surface area contributed by atoms with E-state index in [2.05, 4.69) is 5.32 Å². The highest BCUT2D eigenvalue weighted by molar-refractivity contribution is 7.99. The number of hydrogen-bond acceptors (Lipinski definition) is 3. The fourth-order valence-corrected chi connectivity index (χ4v) is 2.31. The van der Waals surface area contributed by atoms with Gasteiger partial charge in [0, 0.05) is 18.8 Å². The van der Waals surface area contributed by atoms with Crippen molar-refractivity contribution in [3.63, 3.8) is 0 Å². The number of carbonyl (C=O) groups is 1. The van der Waals surface area contributed by atoms with E-state index in [1.54, 1.807) is 16.7 Å². The van der Waals surface area contributed by atoms with Crippen LogP contribution in [0.25, 0.3) is 0 Å². The van der Waals surface area contributed by atoms with Crippen molar-refractivity contribution >= 4 is 17.7 Å². The molecule has 1 N–H and O–H groups in total. The van der Waals surface area contributed by atoms with Crippen molar-refractivity contribution in [3.05, 3.63) is 0 Å². The van der Waals surface area contributed by atoms with Gasteiger partial charge in [0.2, 0.25) is 5.91 Å². The molecule has 94 valence electrons. The number of halogens is 3. The molecule has 3 nitrogen and oxygen atoms in total. The van der Waals surface area contributed by atoms with Gasteiger partial charge in [-0.3, -0.25) is 4.79 Å². The van der Waals surface area contributed by atoms with Crippen LogP contribution in [0.2, 0.25) is 0 Å². The van der Waals surface area contributed by atoms with Gasteiger partial charge in [-0.25, -0.2) is 0 Å². The lowest BCUT2D eigenvalue weighted by Crippen LogP contribution is -2.41. The molecule has 16 heavy (non-hydrogen) atoms. The molecule has 0 aromatic rings.